The second-order valence-corrected chi connectivity index (χ2v) is 4.96. The first kappa shape index (κ1) is 11.8. The third-order valence-corrected chi connectivity index (χ3v) is 3.72. The summed E-state index contributed by atoms with van der Waals surface area (Å²) in [5.74, 6) is -0.0262. The fourth-order valence-corrected chi connectivity index (χ4v) is 2.61. The molecule has 3 N–H and O–H groups in total. The Morgan fingerprint density at radius 1 is 1.00 bits per heavy atom. The maximum Gasteiger partial charge on any atom is 0.228 e. The monoisotopic (exact) mass is 252 g/mol. The molecule has 2 atom stereocenters. The highest BCUT2D eigenvalue weighted by Crippen LogP contribution is 2.34. The van der Waals surface area contributed by atoms with Crippen LogP contribution in [0.3, 0.4) is 0 Å². The fourth-order valence-electron chi connectivity index (χ4n) is 2.61. The minimum absolute atomic E-state index is 0.0699. The molecule has 1 heterocycles. The number of nitrogen functional groups attached to an aromatic ring is 1. The van der Waals surface area contributed by atoms with Crippen LogP contribution in [-0.2, 0) is 4.79 Å². The number of anilines is 1. The van der Waals surface area contributed by atoms with E-state index in [9.17, 15) is 4.79 Å². The number of amides is 1. The number of hydrogen-bond donors (Lipinski definition) is 2. The Balaban J connectivity index is 2.10. The van der Waals surface area contributed by atoms with Crippen molar-refractivity contribution >= 4 is 11.6 Å². The minimum Gasteiger partial charge on any atom is -0.399 e. The summed E-state index contributed by atoms with van der Waals surface area (Å²) in [5.41, 5.74) is 9.77. The van der Waals surface area contributed by atoms with Crippen LogP contribution in [0.25, 0.3) is 0 Å². The van der Waals surface area contributed by atoms with Gasteiger partial charge in [0.1, 0.15) is 0 Å². The van der Waals surface area contributed by atoms with E-state index in [1.165, 1.54) is 5.56 Å². The zero-order chi connectivity index (χ0) is 13.4. The van der Waals surface area contributed by atoms with Crippen LogP contribution >= 0.6 is 0 Å². The lowest BCUT2D eigenvalue weighted by Gasteiger charge is -2.30. The molecule has 0 radical (unpaired) electrons. The van der Waals surface area contributed by atoms with Gasteiger partial charge in [0.05, 0.1) is 12.0 Å². The molecule has 2 aromatic rings. The summed E-state index contributed by atoms with van der Waals surface area (Å²) in [4.78, 5) is 12.1. The molecule has 2 unspecified atom stereocenters. The summed E-state index contributed by atoms with van der Waals surface area (Å²) in [5, 5.41) is 3.08. The Bertz CT molecular complexity index is 619. The van der Waals surface area contributed by atoms with Crippen LogP contribution in [0, 0.1) is 0 Å². The molecule has 0 saturated carbocycles. The van der Waals surface area contributed by atoms with Gasteiger partial charge in [-0.1, -0.05) is 36.4 Å². The van der Waals surface area contributed by atoms with Gasteiger partial charge in [-0.3, -0.25) is 4.79 Å². The summed E-state index contributed by atoms with van der Waals surface area (Å²) >= 11 is 0. The van der Waals surface area contributed by atoms with Crippen molar-refractivity contribution in [1.82, 2.24) is 5.32 Å². The lowest BCUT2D eigenvalue weighted by Crippen LogP contribution is -2.38. The van der Waals surface area contributed by atoms with Gasteiger partial charge in [0, 0.05) is 5.69 Å². The van der Waals surface area contributed by atoms with E-state index < -0.39 is 0 Å². The summed E-state index contributed by atoms with van der Waals surface area (Å²) in [7, 11) is 0. The number of carbonyl (C=O) groups is 1. The van der Waals surface area contributed by atoms with E-state index in [1.54, 1.807) is 0 Å². The van der Waals surface area contributed by atoms with E-state index in [0.717, 1.165) is 16.8 Å². The van der Waals surface area contributed by atoms with Crippen molar-refractivity contribution in [3.05, 3.63) is 65.2 Å². The zero-order valence-electron chi connectivity index (χ0n) is 10.8. The van der Waals surface area contributed by atoms with E-state index in [0.29, 0.717) is 0 Å². The van der Waals surface area contributed by atoms with Gasteiger partial charge >= 0.3 is 0 Å². The van der Waals surface area contributed by atoms with Crippen molar-refractivity contribution in [2.45, 2.75) is 18.9 Å². The predicted octanol–water partition coefficient (Wildman–Crippen LogP) is 2.59. The molecule has 3 nitrogen and oxygen atoms in total. The Morgan fingerprint density at radius 3 is 2.32 bits per heavy atom. The number of fused-ring (bicyclic) bond motifs is 1. The molecule has 2 aromatic carbocycles. The van der Waals surface area contributed by atoms with E-state index in [1.807, 2.05) is 49.4 Å². The summed E-state index contributed by atoms with van der Waals surface area (Å²) in [6, 6.07) is 15.7. The van der Waals surface area contributed by atoms with Crippen LogP contribution in [-0.4, -0.2) is 5.91 Å². The summed E-state index contributed by atoms with van der Waals surface area (Å²) in [6.45, 7) is 1.94. The molecular weight excluding hydrogens is 236 g/mol. The molecule has 19 heavy (non-hydrogen) atoms. The van der Waals surface area contributed by atoms with Gasteiger partial charge in [0.15, 0.2) is 0 Å². The van der Waals surface area contributed by atoms with Gasteiger partial charge < -0.3 is 11.1 Å². The van der Waals surface area contributed by atoms with Crippen molar-refractivity contribution in [1.29, 1.82) is 0 Å². The summed E-state index contributed by atoms with van der Waals surface area (Å²) in [6.07, 6.45) is 0. The Hall–Kier alpha value is -2.29. The molecule has 0 bridgehead atoms. The Kier molecular flexibility index (Phi) is 2.75. The molecule has 0 saturated heterocycles. The maximum absolute atomic E-state index is 12.1. The van der Waals surface area contributed by atoms with Crippen molar-refractivity contribution in [3.63, 3.8) is 0 Å². The third-order valence-electron chi connectivity index (χ3n) is 3.72. The number of carbonyl (C=O) groups excluding carboxylic acids is 1. The largest absolute Gasteiger partial charge is 0.399 e. The van der Waals surface area contributed by atoms with Gasteiger partial charge in [0.25, 0.3) is 0 Å². The van der Waals surface area contributed by atoms with Crippen molar-refractivity contribution in [2.75, 3.05) is 5.73 Å². The quantitative estimate of drug-likeness (QED) is 0.766. The predicted molar refractivity (Wildman–Crippen MR) is 75.7 cm³/mol. The molecule has 0 aromatic heterocycles. The maximum atomic E-state index is 12.1. The molecule has 96 valence electrons. The lowest BCUT2D eigenvalue weighted by molar-refractivity contribution is -0.123. The minimum atomic E-state index is -0.0961. The molecule has 0 spiro atoms. The topological polar surface area (TPSA) is 55.1 Å². The first-order chi connectivity index (χ1) is 9.16. The Morgan fingerprint density at radius 2 is 1.63 bits per heavy atom. The van der Waals surface area contributed by atoms with Gasteiger partial charge in [-0.2, -0.15) is 0 Å². The molecule has 3 heteroatoms. The molecule has 0 aliphatic carbocycles. The van der Waals surface area contributed by atoms with Crippen LogP contribution in [0.1, 0.15) is 35.6 Å². The average Bonchev–Trinajstić information content (AvgIpc) is 2.44. The van der Waals surface area contributed by atoms with E-state index >= 15 is 0 Å². The van der Waals surface area contributed by atoms with Crippen LogP contribution in [0.15, 0.2) is 48.5 Å². The molecule has 1 aliphatic rings. The van der Waals surface area contributed by atoms with Crippen LogP contribution in [0.4, 0.5) is 5.69 Å². The van der Waals surface area contributed by atoms with Crippen molar-refractivity contribution in [2.24, 2.45) is 0 Å². The van der Waals surface area contributed by atoms with E-state index in [4.69, 9.17) is 5.73 Å². The Labute approximate surface area is 112 Å². The lowest BCUT2D eigenvalue weighted by atomic mass is 9.84. The van der Waals surface area contributed by atoms with Crippen molar-refractivity contribution < 1.29 is 4.79 Å². The number of benzene rings is 2. The van der Waals surface area contributed by atoms with Gasteiger partial charge in [-0.05, 0) is 35.7 Å². The number of rotatable bonds is 1. The highest BCUT2D eigenvalue weighted by molar-refractivity contribution is 5.86. The fraction of sp³-hybridized carbons (Fsp3) is 0.188. The van der Waals surface area contributed by atoms with Gasteiger partial charge in [-0.15, -0.1) is 0 Å². The van der Waals surface area contributed by atoms with Crippen LogP contribution in [0.5, 0.6) is 0 Å². The first-order valence-electron chi connectivity index (χ1n) is 6.41. The molecule has 1 amide bonds. The van der Waals surface area contributed by atoms with Gasteiger partial charge in [0.2, 0.25) is 5.91 Å². The SMILES string of the molecule is CC1C(=O)NC(c2ccc(N)cc2)c2ccccc21. The number of nitrogens with one attached hydrogen (secondary N) is 1. The van der Waals surface area contributed by atoms with Crippen LogP contribution < -0.4 is 11.1 Å². The standard InChI is InChI=1S/C16H16N2O/c1-10-13-4-2-3-5-14(13)15(18-16(10)19)11-6-8-12(17)9-7-11/h2-10,15H,17H2,1H3,(H,18,19). The zero-order valence-corrected chi connectivity index (χ0v) is 10.8. The molecule has 3 rings (SSSR count). The van der Waals surface area contributed by atoms with Gasteiger partial charge in [-0.25, -0.2) is 0 Å². The molecular formula is C16H16N2O. The van der Waals surface area contributed by atoms with Crippen LogP contribution in [0.2, 0.25) is 0 Å². The smallest absolute Gasteiger partial charge is 0.228 e. The third kappa shape index (κ3) is 1.97. The number of hydrogen-bond acceptors (Lipinski definition) is 2. The highest BCUT2D eigenvalue weighted by atomic mass is 16.2. The molecule has 0 fully saturated rings. The summed E-state index contributed by atoms with van der Waals surface area (Å²) < 4.78 is 0. The highest BCUT2D eigenvalue weighted by Gasteiger charge is 2.30. The normalized spacial score (nSPS) is 21.6. The first-order valence-corrected chi connectivity index (χ1v) is 6.41. The van der Waals surface area contributed by atoms with E-state index in [2.05, 4.69) is 11.4 Å². The van der Waals surface area contributed by atoms with Crippen molar-refractivity contribution in [3.8, 4) is 0 Å². The second kappa shape index (κ2) is 4.43. The second-order valence-electron chi connectivity index (χ2n) is 4.96. The molecule has 1 aliphatic heterocycles. The van der Waals surface area contributed by atoms with E-state index in [-0.39, 0.29) is 17.9 Å². The number of nitrogens with two attached hydrogens (primary N) is 1. The average molecular weight is 252 g/mol.